The molecule has 5 nitrogen and oxygen atoms in total. The molecule has 2 saturated carbocycles. The lowest BCUT2D eigenvalue weighted by atomic mass is 9.96. The van der Waals surface area contributed by atoms with Crippen LogP contribution in [0.3, 0.4) is 0 Å². The van der Waals surface area contributed by atoms with E-state index in [0.717, 1.165) is 6.04 Å². The molecule has 4 N–H and O–H groups in total. The summed E-state index contributed by atoms with van der Waals surface area (Å²) in [5.41, 5.74) is 4.17. The van der Waals surface area contributed by atoms with Gasteiger partial charge in [-0.15, -0.1) is 0 Å². The molecule has 0 aromatic rings. The molecule has 0 aromatic carbocycles. The summed E-state index contributed by atoms with van der Waals surface area (Å²) < 4.78 is 0. The first-order chi connectivity index (χ1) is 11.6. The zero-order valence-electron chi connectivity index (χ0n) is 17.0. The van der Waals surface area contributed by atoms with Gasteiger partial charge in [-0.3, -0.25) is 9.59 Å². The summed E-state index contributed by atoms with van der Waals surface area (Å²) in [4.78, 5) is 19.1. The summed E-state index contributed by atoms with van der Waals surface area (Å²) in [6, 6.07) is 1.33. The molecule has 146 valence electrons. The van der Waals surface area contributed by atoms with E-state index in [0.29, 0.717) is 6.04 Å². The molecule has 0 heterocycles. The largest absolute Gasteiger partial charge is 0.372 e. The quantitative estimate of drug-likeness (QED) is 0.666. The van der Waals surface area contributed by atoms with Crippen molar-refractivity contribution in [1.29, 1.82) is 0 Å². The maximum atomic E-state index is 10.5. The van der Waals surface area contributed by atoms with Crippen LogP contribution in [0.5, 0.6) is 0 Å². The minimum atomic E-state index is 0.113. The Balaban J connectivity index is -0.000000270. The summed E-state index contributed by atoms with van der Waals surface area (Å²) in [5, 5.41) is 6.21. The second-order valence-electron chi connectivity index (χ2n) is 5.44. The Morgan fingerprint density at radius 2 is 1.21 bits per heavy atom. The maximum Gasteiger partial charge on any atom is 0.217 e. The van der Waals surface area contributed by atoms with Gasteiger partial charge in [0.25, 0.3) is 0 Å². The summed E-state index contributed by atoms with van der Waals surface area (Å²) >= 11 is 0. The number of rotatable bonds is 2. The van der Waals surface area contributed by atoms with Crippen molar-refractivity contribution in [2.45, 2.75) is 104 Å². The molecular weight excluding hydrogens is 302 g/mol. The number of amides is 2. The average molecular weight is 346 g/mol. The van der Waals surface area contributed by atoms with E-state index in [9.17, 15) is 4.79 Å². The molecular formula is C19H43N3O2. The van der Waals surface area contributed by atoms with Crippen molar-refractivity contribution in [2.24, 2.45) is 5.73 Å². The highest BCUT2D eigenvalue weighted by molar-refractivity contribution is 5.73. The number of hydrogen-bond donors (Lipinski definition) is 3. The van der Waals surface area contributed by atoms with Crippen molar-refractivity contribution >= 4 is 12.3 Å². The third-order valence-electron chi connectivity index (χ3n) is 3.78. The molecule has 2 aliphatic rings. The molecule has 0 saturated heterocycles. The second-order valence-corrected chi connectivity index (χ2v) is 5.44. The molecule has 2 amide bonds. The summed E-state index contributed by atoms with van der Waals surface area (Å²) in [7, 11) is 2.07. The first kappa shape index (κ1) is 27.7. The summed E-state index contributed by atoms with van der Waals surface area (Å²) in [5.74, 6) is 0.113. The van der Waals surface area contributed by atoms with Crippen LogP contribution >= 0.6 is 0 Å². The summed E-state index contributed by atoms with van der Waals surface area (Å²) in [6.45, 7) is 9.58. The highest BCUT2D eigenvalue weighted by Gasteiger charge is 2.14. The van der Waals surface area contributed by atoms with Crippen LogP contribution in [-0.4, -0.2) is 31.4 Å². The van der Waals surface area contributed by atoms with Crippen molar-refractivity contribution in [3.05, 3.63) is 0 Å². The minimum Gasteiger partial charge on any atom is -0.372 e. The molecule has 0 atom stereocenters. The fourth-order valence-corrected chi connectivity index (χ4v) is 2.75. The Labute approximate surface area is 150 Å². The fourth-order valence-electron chi connectivity index (χ4n) is 2.75. The van der Waals surface area contributed by atoms with Crippen molar-refractivity contribution in [3.8, 4) is 0 Å². The molecule has 5 heteroatoms. The van der Waals surface area contributed by atoms with E-state index in [-0.39, 0.29) is 12.3 Å². The SMILES string of the molecule is CC.CC.CC(=O)NC1CCCC1.CNC1CCCCC1.NC=O. The van der Waals surface area contributed by atoms with Gasteiger partial charge in [0.2, 0.25) is 12.3 Å². The Bertz CT molecular complexity index is 249. The van der Waals surface area contributed by atoms with Crippen LogP contribution in [0.2, 0.25) is 0 Å². The van der Waals surface area contributed by atoms with Gasteiger partial charge in [-0.05, 0) is 32.7 Å². The monoisotopic (exact) mass is 345 g/mol. The second kappa shape index (κ2) is 24.2. The Morgan fingerprint density at radius 1 is 0.875 bits per heavy atom. The Hall–Kier alpha value is -1.10. The Morgan fingerprint density at radius 3 is 1.50 bits per heavy atom. The van der Waals surface area contributed by atoms with Crippen LogP contribution in [0.1, 0.15) is 92.4 Å². The third kappa shape index (κ3) is 20.9. The van der Waals surface area contributed by atoms with Crippen molar-refractivity contribution in [1.82, 2.24) is 10.6 Å². The molecule has 0 aromatic heterocycles. The van der Waals surface area contributed by atoms with Gasteiger partial charge in [0.05, 0.1) is 0 Å². The van der Waals surface area contributed by atoms with Crippen LogP contribution in [0.4, 0.5) is 0 Å². The van der Waals surface area contributed by atoms with E-state index in [1.165, 1.54) is 57.8 Å². The topological polar surface area (TPSA) is 84.2 Å². The zero-order chi connectivity index (χ0) is 19.2. The van der Waals surface area contributed by atoms with E-state index in [1.807, 2.05) is 27.7 Å². The molecule has 0 bridgehead atoms. The first-order valence-corrected chi connectivity index (χ1v) is 9.73. The van der Waals surface area contributed by atoms with Crippen molar-refractivity contribution in [3.63, 3.8) is 0 Å². The lowest BCUT2D eigenvalue weighted by Crippen LogP contribution is -2.30. The van der Waals surface area contributed by atoms with Crippen molar-refractivity contribution in [2.75, 3.05) is 7.05 Å². The summed E-state index contributed by atoms with van der Waals surface area (Å²) in [6.07, 6.45) is 12.3. The standard InChI is InChI=1S/C7H13NO.C7H15N.2C2H6.CH3NO/c1-6(9)8-7-4-2-3-5-7;1-8-7-5-3-2-4-6-7;2*1-2;2-1-3/h7H,2-5H2,1H3,(H,8,9);7-8H,2-6H2,1H3;2*1-2H3;1H,(H2,2,3). The lowest BCUT2D eigenvalue weighted by Gasteiger charge is -2.20. The highest BCUT2D eigenvalue weighted by atomic mass is 16.1. The molecule has 24 heavy (non-hydrogen) atoms. The van der Waals surface area contributed by atoms with Crippen LogP contribution in [0.25, 0.3) is 0 Å². The number of hydrogen-bond acceptors (Lipinski definition) is 3. The van der Waals surface area contributed by atoms with Crippen LogP contribution in [0.15, 0.2) is 0 Å². The van der Waals surface area contributed by atoms with Gasteiger partial charge in [0, 0.05) is 19.0 Å². The smallest absolute Gasteiger partial charge is 0.217 e. The molecule has 2 aliphatic carbocycles. The van der Waals surface area contributed by atoms with Gasteiger partial charge in [-0.25, -0.2) is 0 Å². The molecule has 0 aliphatic heterocycles. The lowest BCUT2D eigenvalue weighted by molar-refractivity contribution is -0.119. The third-order valence-corrected chi connectivity index (χ3v) is 3.78. The normalized spacial score (nSPS) is 16.4. The van der Waals surface area contributed by atoms with Crippen LogP contribution < -0.4 is 16.4 Å². The zero-order valence-corrected chi connectivity index (χ0v) is 17.0. The number of nitrogens with one attached hydrogen (secondary N) is 2. The number of carbonyl (C=O) groups is 2. The molecule has 2 fully saturated rings. The molecule has 0 unspecified atom stereocenters. The molecule has 0 spiro atoms. The number of carbonyl (C=O) groups excluding carboxylic acids is 2. The van der Waals surface area contributed by atoms with Crippen molar-refractivity contribution < 1.29 is 9.59 Å². The average Bonchev–Trinajstić information content (AvgIpc) is 3.13. The van der Waals surface area contributed by atoms with Gasteiger partial charge in [0.1, 0.15) is 0 Å². The van der Waals surface area contributed by atoms with E-state index in [1.54, 1.807) is 6.92 Å². The minimum absolute atomic E-state index is 0.113. The predicted octanol–water partition coefficient (Wildman–Crippen LogP) is 3.76. The fraction of sp³-hybridized carbons (Fsp3) is 0.895. The predicted molar refractivity (Wildman–Crippen MR) is 105 cm³/mol. The first-order valence-electron chi connectivity index (χ1n) is 9.73. The number of nitrogens with two attached hydrogens (primary N) is 1. The van der Waals surface area contributed by atoms with Gasteiger partial charge >= 0.3 is 0 Å². The highest BCUT2D eigenvalue weighted by Crippen LogP contribution is 2.17. The van der Waals surface area contributed by atoms with E-state index in [2.05, 4.69) is 23.4 Å². The van der Waals surface area contributed by atoms with E-state index < -0.39 is 0 Å². The van der Waals surface area contributed by atoms with E-state index in [4.69, 9.17) is 4.79 Å². The van der Waals surface area contributed by atoms with Gasteiger partial charge < -0.3 is 16.4 Å². The molecule has 2 rings (SSSR count). The van der Waals surface area contributed by atoms with Gasteiger partial charge in [-0.1, -0.05) is 59.8 Å². The maximum absolute atomic E-state index is 10.5. The van der Waals surface area contributed by atoms with Gasteiger partial charge in [-0.2, -0.15) is 0 Å². The van der Waals surface area contributed by atoms with Crippen LogP contribution in [-0.2, 0) is 9.59 Å². The Kier molecular flexibility index (Phi) is 27.9. The van der Waals surface area contributed by atoms with E-state index >= 15 is 0 Å². The number of primary amides is 1. The molecule has 0 radical (unpaired) electrons. The van der Waals surface area contributed by atoms with Crippen LogP contribution in [0, 0.1) is 0 Å². The van der Waals surface area contributed by atoms with Gasteiger partial charge in [0.15, 0.2) is 0 Å².